The Morgan fingerprint density at radius 2 is 2.11 bits per heavy atom. The van der Waals surface area contributed by atoms with Gasteiger partial charge in [-0.25, -0.2) is 9.97 Å². The average Bonchev–Trinajstić information content (AvgIpc) is 2.82. The van der Waals surface area contributed by atoms with Gasteiger partial charge < -0.3 is 4.74 Å². The zero-order valence-electron chi connectivity index (χ0n) is 9.64. The third-order valence-corrected chi connectivity index (χ3v) is 4.24. The topological polar surface area (TPSA) is 35.0 Å². The number of fused-ring (bicyclic) bond motifs is 1. The van der Waals surface area contributed by atoms with Gasteiger partial charge in [-0.3, -0.25) is 0 Å². The monoisotopic (exact) mass is 354 g/mol. The van der Waals surface area contributed by atoms with Crippen LogP contribution < -0.4 is 4.74 Å². The van der Waals surface area contributed by atoms with E-state index in [-0.39, 0.29) is 0 Å². The van der Waals surface area contributed by atoms with Crippen molar-refractivity contribution in [2.75, 3.05) is 0 Å². The molecule has 0 unspecified atom stereocenters. The number of nitrogens with zero attached hydrogens (tertiary/aromatic N) is 2. The summed E-state index contributed by atoms with van der Waals surface area (Å²) in [5.74, 6) is 0.579. The van der Waals surface area contributed by atoms with Crippen molar-refractivity contribution in [1.82, 2.24) is 9.97 Å². The largest absolute Gasteiger partial charge is 0.471 e. The van der Waals surface area contributed by atoms with Crippen molar-refractivity contribution in [2.24, 2.45) is 0 Å². The van der Waals surface area contributed by atoms with Gasteiger partial charge in [0.05, 0.1) is 15.2 Å². The van der Waals surface area contributed by atoms with Gasteiger partial charge >= 0.3 is 0 Å². The number of ether oxygens (including phenoxy) is 1. The Labute approximate surface area is 127 Å². The van der Waals surface area contributed by atoms with Crippen LogP contribution in [-0.4, -0.2) is 9.97 Å². The Morgan fingerprint density at radius 3 is 2.89 bits per heavy atom. The van der Waals surface area contributed by atoms with Gasteiger partial charge in [-0.05, 0) is 30.3 Å². The third-order valence-electron chi connectivity index (χ3n) is 2.54. The molecule has 3 aromatic rings. The SMILES string of the molecule is Clc1ccc(COc2ncnc3ccc(Br)cc23)s1. The molecule has 0 aliphatic heterocycles. The first-order chi connectivity index (χ1) is 9.22. The summed E-state index contributed by atoms with van der Waals surface area (Å²) in [5.41, 5.74) is 0.859. The van der Waals surface area contributed by atoms with Gasteiger partial charge in [0.25, 0.3) is 0 Å². The van der Waals surface area contributed by atoms with Crippen molar-refractivity contribution in [3.05, 3.63) is 50.3 Å². The predicted octanol–water partition coefficient (Wildman–Crippen LogP) is 4.69. The molecule has 2 heterocycles. The molecule has 0 bridgehead atoms. The van der Waals surface area contributed by atoms with Gasteiger partial charge in [0.1, 0.15) is 12.9 Å². The Hall–Kier alpha value is -1.17. The van der Waals surface area contributed by atoms with Crippen LogP contribution in [0.15, 0.2) is 41.1 Å². The molecule has 0 amide bonds. The van der Waals surface area contributed by atoms with Crippen molar-refractivity contribution >= 4 is 49.8 Å². The lowest BCUT2D eigenvalue weighted by molar-refractivity contribution is 0.301. The highest BCUT2D eigenvalue weighted by molar-refractivity contribution is 9.10. The summed E-state index contributed by atoms with van der Waals surface area (Å²) in [6.07, 6.45) is 1.51. The molecule has 3 nitrogen and oxygen atoms in total. The number of thiophene rings is 1. The molecule has 0 aliphatic carbocycles. The van der Waals surface area contributed by atoms with E-state index in [2.05, 4.69) is 25.9 Å². The first-order valence-electron chi connectivity index (χ1n) is 5.49. The number of rotatable bonds is 3. The van der Waals surface area contributed by atoms with E-state index in [1.54, 1.807) is 0 Å². The lowest BCUT2D eigenvalue weighted by atomic mass is 10.2. The van der Waals surface area contributed by atoms with Crippen molar-refractivity contribution < 1.29 is 4.74 Å². The maximum absolute atomic E-state index is 5.89. The molecule has 0 N–H and O–H groups in total. The van der Waals surface area contributed by atoms with E-state index in [1.807, 2.05) is 30.3 Å². The first kappa shape index (κ1) is 12.8. The quantitative estimate of drug-likeness (QED) is 0.684. The van der Waals surface area contributed by atoms with Gasteiger partial charge in [-0.15, -0.1) is 11.3 Å². The van der Waals surface area contributed by atoms with Gasteiger partial charge in [0.15, 0.2) is 0 Å². The molecular formula is C13H8BrClN2OS. The molecule has 19 heavy (non-hydrogen) atoms. The highest BCUT2D eigenvalue weighted by Gasteiger charge is 2.06. The van der Waals surface area contributed by atoms with Crippen LogP contribution in [0.4, 0.5) is 0 Å². The Balaban J connectivity index is 1.90. The van der Waals surface area contributed by atoms with E-state index >= 15 is 0 Å². The number of hydrogen-bond acceptors (Lipinski definition) is 4. The number of hydrogen-bond donors (Lipinski definition) is 0. The fourth-order valence-electron chi connectivity index (χ4n) is 1.69. The van der Waals surface area contributed by atoms with Crippen LogP contribution in [0, 0.1) is 0 Å². The minimum Gasteiger partial charge on any atom is -0.471 e. The van der Waals surface area contributed by atoms with Crippen molar-refractivity contribution in [2.45, 2.75) is 6.61 Å². The third kappa shape index (κ3) is 2.88. The summed E-state index contributed by atoms with van der Waals surface area (Å²) in [4.78, 5) is 9.46. The Kier molecular flexibility index (Phi) is 3.68. The normalized spacial score (nSPS) is 10.8. The molecule has 0 radical (unpaired) electrons. The van der Waals surface area contributed by atoms with Crippen molar-refractivity contribution in [3.8, 4) is 5.88 Å². The second-order valence-corrected chi connectivity index (χ2v) is 6.55. The second-order valence-electron chi connectivity index (χ2n) is 3.83. The van der Waals surface area contributed by atoms with Crippen LogP contribution in [-0.2, 0) is 6.61 Å². The smallest absolute Gasteiger partial charge is 0.224 e. The van der Waals surface area contributed by atoms with Crippen LogP contribution in [0.2, 0.25) is 4.34 Å². The molecule has 6 heteroatoms. The standard InChI is InChI=1S/C13H8BrClN2OS/c14-8-1-3-11-10(5-8)13(17-7-16-11)18-6-9-2-4-12(15)19-9/h1-5,7H,6H2. The summed E-state index contributed by atoms with van der Waals surface area (Å²) in [6, 6.07) is 9.63. The molecule has 1 aromatic carbocycles. The van der Waals surface area contributed by atoms with Crippen LogP contribution in [0.25, 0.3) is 10.9 Å². The molecule has 0 atom stereocenters. The van der Waals surface area contributed by atoms with E-state index in [0.29, 0.717) is 12.5 Å². The highest BCUT2D eigenvalue weighted by atomic mass is 79.9. The summed E-state index contributed by atoms with van der Waals surface area (Å²) in [7, 11) is 0. The number of benzene rings is 1. The Bertz CT molecular complexity index is 731. The molecular weight excluding hydrogens is 348 g/mol. The van der Waals surface area contributed by atoms with Crippen molar-refractivity contribution in [1.29, 1.82) is 0 Å². The zero-order valence-corrected chi connectivity index (χ0v) is 12.8. The summed E-state index contributed by atoms with van der Waals surface area (Å²) >= 11 is 10.8. The van der Waals surface area contributed by atoms with Crippen molar-refractivity contribution in [3.63, 3.8) is 0 Å². The first-order valence-corrected chi connectivity index (χ1v) is 7.48. The minimum absolute atomic E-state index is 0.454. The molecule has 3 rings (SSSR count). The van der Waals surface area contributed by atoms with E-state index in [1.165, 1.54) is 17.7 Å². The fraction of sp³-hybridized carbons (Fsp3) is 0.0769. The summed E-state index contributed by atoms with van der Waals surface area (Å²) in [6.45, 7) is 0.454. The van der Waals surface area contributed by atoms with Crippen LogP contribution in [0.1, 0.15) is 4.88 Å². The van der Waals surface area contributed by atoms with E-state index in [0.717, 1.165) is 24.6 Å². The predicted molar refractivity (Wildman–Crippen MR) is 80.9 cm³/mol. The molecule has 0 fully saturated rings. The highest BCUT2D eigenvalue weighted by Crippen LogP contribution is 2.27. The zero-order chi connectivity index (χ0) is 13.2. The average molecular weight is 356 g/mol. The number of halogens is 2. The summed E-state index contributed by atoms with van der Waals surface area (Å²) in [5, 5.41) is 0.888. The van der Waals surface area contributed by atoms with E-state index in [9.17, 15) is 0 Å². The second kappa shape index (κ2) is 5.45. The molecule has 0 spiro atoms. The molecule has 0 aliphatic rings. The number of aromatic nitrogens is 2. The lowest BCUT2D eigenvalue weighted by Gasteiger charge is -2.06. The van der Waals surface area contributed by atoms with Crippen LogP contribution in [0.5, 0.6) is 5.88 Å². The Morgan fingerprint density at radius 1 is 1.21 bits per heavy atom. The van der Waals surface area contributed by atoms with Gasteiger partial charge in [0.2, 0.25) is 5.88 Å². The van der Waals surface area contributed by atoms with Gasteiger partial charge in [0, 0.05) is 9.35 Å². The van der Waals surface area contributed by atoms with E-state index in [4.69, 9.17) is 16.3 Å². The maximum Gasteiger partial charge on any atom is 0.224 e. The molecule has 0 saturated heterocycles. The lowest BCUT2D eigenvalue weighted by Crippen LogP contribution is -1.97. The maximum atomic E-state index is 5.89. The molecule has 2 aromatic heterocycles. The molecule has 0 saturated carbocycles. The van der Waals surface area contributed by atoms with Crippen LogP contribution in [0.3, 0.4) is 0 Å². The van der Waals surface area contributed by atoms with Crippen LogP contribution >= 0.6 is 38.9 Å². The molecule has 96 valence electrons. The van der Waals surface area contributed by atoms with E-state index < -0.39 is 0 Å². The fourth-order valence-corrected chi connectivity index (χ4v) is 3.05. The van der Waals surface area contributed by atoms with Gasteiger partial charge in [-0.1, -0.05) is 27.5 Å². The van der Waals surface area contributed by atoms with Gasteiger partial charge in [-0.2, -0.15) is 0 Å². The summed E-state index contributed by atoms with van der Waals surface area (Å²) < 4.78 is 7.48. The minimum atomic E-state index is 0.454.